The quantitative estimate of drug-likeness (QED) is 0.832. The van der Waals surface area contributed by atoms with E-state index in [4.69, 9.17) is 4.74 Å². The number of aliphatic hydroxyl groups excluding tert-OH is 1. The van der Waals surface area contributed by atoms with Crippen molar-refractivity contribution >= 4 is 5.91 Å². The topological polar surface area (TPSA) is 53.0 Å². The molecular formula is C15H19FN2O3. The molecule has 21 heavy (non-hydrogen) atoms. The third-order valence-electron chi connectivity index (χ3n) is 4.23. The molecule has 2 atom stereocenters. The fraction of sp³-hybridized carbons (Fsp3) is 0.533. The first-order valence-electron chi connectivity index (χ1n) is 7.17. The Morgan fingerprint density at radius 1 is 1.33 bits per heavy atom. The molecule has 1 aromatic rings. The van der Waals surface area contributed by atoms with Gasteiger partial charge in [-0.25, -0.2) is 4.39 Å². The van der Waals surface area contributed by atoms with Crippen LogP contribution in [0.2, 0.25) is 0 Å². The van der Waals surface area contributed by atoms with Crippen LogP contribution in [0.1, 0.15) is 18.5 Å². The van der Waals surface area contributed by atoms with Gasteiger partial charge in [-0.15, -0.1) is 0 Å². The lowest BCUT2D eigenvalue weighted by Crippen LogP contribution is -2.52. The molecule has 6 heteroatoms. The van der Waals surface area contributed by atoms with Crippen LogP contribution in [-0.2, 0) is 4.79 Å². The van der Waals surface area contributed by atoms with Gasteiger partial charge < -0.3 is 14.7 Å². The zero-order valence-corrected chi connectivity index (χ0v) is 12.0. The Kier molecular flexibility index (Phi) is 3.82. The van der Waals surface area contributed by atoms with Crippen LogP contribution >= 0.6 is 0 Å². The van der Waals surface area contributed by atoms with Gasteiger partial charge in [-0.1, -0.05) is 12.1 Å². The SMILES string of the molecule is CC(=O)N1CCN(C2c3cccc(F)c3OCC2O)CC1. The highest BCUT2D eigenvalue weighted by Crippen LogP contribution is 2.38. The minimum Gasteiger partial charge on any atom is -0.487 e. The van der Waals surface area contributed by atoms with Gasteiger partial charge in [0, 0.05) is 38.7 Å². The second kappa shape index (κ2) is 5.61. The highest BCUT2D eigenvalue weighted by molar-refractivity contribution is 5.73. The van der Waals surface area contributed by atoms with Gasteiger partial charge in [0.25, 0.3) is 0 Å². The maximum Gasteiger partial charge on any atom is 0.219 e. The Morgan fingerprint density at radius 2 is 2.05 bits per heavy atom. The van der Waals surface area contributed by atoms with E-state index in [1.165, 1.54) is 6.07 Å². The van der Waals surface area contributed by atoms with Crippen LogP contribution in [0.15, 0.2) is 18.2 Å². The molecule has 2 unspecified atom stereocenters. The van der Waals surface area contributed by atoms with E-state index in [2.05, 4.69) is 4.90 Å². The number of fused-ring (bicyclic) bond motifs is 1. The smallest absolute Gasteiger partial charge is 0.219 e. The number of carbonyl (C=O) groups excluding carboxylic acids is 1. The Bertz CT molecular complexity index is 544. The molecule has 0 aromatic heterocycles. The summed E-state index contributed by atoms with van der Waals surface area (Å²) >= 11 is 0. The van der Waals surface area contributed by atoms with Gasteiger partial charge in [0.2, 0.25) is 5.91 Å². The van der Waals surface area contributed by atoms with Gasteiger partial charge in [-0.3, -0.25) is 9.69 Å². The molecule has 1 amide bonds. The van der Waals surface area contributed by atoms with E-state index in [9.17, 15) is 14.3 Å². The number of halogens is 1. The van der Waals surface area contributed by atoms with Gasteiger partial charge >= 0.3 is 0 Å². The molecule has 2 aliphatic rings. The zero-order valence-electron chi connectivity index (χ0n) is 12.0. The van der Waals surface area contributed by atoms with E-state index >= 15 is 0 Å². The first-order chi connectivity index (χ1) is 10.1. The van der Waals surface area contributed by atoms with E-state index in [0.29, 0.717) is 31.7 Å². The molecule has 0 spiro atoms. The normalized spacial score (nSPS) is 26.1. The van der Waals surface area contributed by atoms with Crippen LogP contribution in [0.5, 0.6) is 5.75 Å². The molecule has 0 aliphatic carbocycles. The summed E-state index contributed by atoms with van der Waals surface area (Å²) in [4.78, 5) is 15.3. The van der Waals surface area contributed by atoms with Crippen molar-refractivity contribution in [1.29, 1.82) is 0 Å². The lowest BCUT2D eigenvalue weighted by atomic mass is 9.95. The van der Waals surface area contributed by atoms with Gasteiger partial charge in [-0.05, 0) is 6.07 Å². The van der Waals surface area contributed by atoms with E-state index in [1.807, 2.05) is 0 Å². The Balaban J connectivity index is 1.83. The van der Waals surface area contributed by atoms with Crippen molar-refractivity contribution in [2.24, 2.45) is 0 Å². The summed E-state index contributed by atoms with van der Waals surface area (Å²) < 4.78 is 19.2. The zero-order chi connectivity index (χ0) is 15.0. The van der Waals surface area contributed by atoms with Gasteiger partial charge in [-0.2, -0.15) is 0 Å². The lowest BCUT2D eigenvalue weighted by Gasteiger charge is -2.43. The number of aliphatic hydroxyl groups is 1. The van der Waals surface area contributed by atoms with Gasteiger partial charge in [0.15, 0.2) is 11.6 Å². The number of ether oxygens (including phenoxy) is 1. The summed E-state index contributed by atoms with van der Waals surface area (Å²) in [6.07, 6.45) is -0.692. The summed E-state index contributed by atoms with van der Waals surface area (Å²) in [5.41, 5.74) is 0.685. The van der Waals surface area contributed by atoms with E-state index in [-0.39, 0.29) is 24.3 Å². The molecule has 1 aromatic carbocycles. The fourth-order valence-electron chi connectivity index (χ4n) is 3.13. The molecule has 0 radical (unpaired) electrons. The summed E-state index contributed by atoms with van der Waals surface area (Å²) in [6, 6.07) is 4.51. The molecule has 2 aliphatic heterocycles. The lowest BCUT2D eigenvalue weighted by molar-refractivity contribution is -0.131. The molecule has 1 saturated heterocycles. The van der Waals surface area contributed by atoms with Crippen molar-refractivity contribution in [3.05, 3.63) is 29.6 Å². The number of piperazine rings is 1. The average Bonchev–Trinajstić information content (AvgIpc) is 2.47. The maximum atomic E-state index is 13.8. The summed E-state index contributed by atoms with van der Waals surface area (Å²) in [5, 5.41) is 10.3. The van der Waals surface area contributed by atoms with E-state index in [0.717, 1.165) is 0 Å². The van der Waals surface area contributed by atoms with Crippen LogP contribution in [0.4, 0.5) is 4.39 Å². The van der Waals surface area contributed by atoms with Gasteiger partial charge in [0.1, 0.15) is 12.7 Å². The third kappa shape index (κ3) is 2.61. The van der Waals surface area contributed by atoms with Crippen molar-refractivity contribution < 1.29 is 19.0 Å². The van der Waals surface area contributed by atoms with E-state index < -0.39 is 11.9 Å². The molecular weight excluding hydrogens is 275 g/mol. The third-order valence-corrected chi connectivity index (χ3v) is 4.23. The fourth-order valence-corrected chi connectivity index (χ4v) is 3.13. The molecule has 2 heterocycles. The Morgan fingerprint density at radius 3 is 2.71 bits per heavy atom. The largest absolute Gasteiger partial charge is 0.487 e. The predicted octanol–water partition coefficient (Wildman–Crippen LogP) is 0.784. The highest BCUT2D eigenvalue weighted by atomic mass is 19.1. The van der Waals surface area contributed by atoms with E-state index in [1.54, 1.807) is 24.0 Å². The number of hydrogen-bond acceptors (Lipinski definition) is 4. The summed E-state index contributed by atoms with van der Waals surface area (Å²) in [7, 11) is 0. The number of nitrogens with zero attached hydrogens (tertiary/aromatic N) is 2. The Labute approximate surface area is 122 Å². The number of rotatable bonds is 1. The van der Waals surface area contributed by atoms with Crippen molar-refractivity contribution in [2.75, 3.05) is 32.8 Å². The van der Waals surface area contributed by atoms with Crippen molar-refractivity contribution in [2.45, 2.75) is 19.1 Å². The summed E-state index contributed by atoms with van der Waals surface area (Å²) in [6.45, 7) is 4.23. The monoisotopic (exact) mass is 294 g/mol. The summed E-state index contributed by atoms with van der Waals surface area (Å²) in [5.74, 6) is -0.0952. The molecule has 0 bridgehead atoms. The van der Waals surface area contributed by atoms with Crippen LogP contribution < -0.4 is 4.74 Å². The van der Waals surface area contributed by atoms with Crippen LogP contribution in [-0.4, -0.2) is 59.7 Å². The molecule has 3 rings (SSSR count). The van der Waals surface area contributed by atoms with Crippen molar-refractivity contribution in [3.8, 4) is 5.75 Å². The second-order valence-corrected chi connectivity index (χ2v) is 5.52. The van der Waals surface area contributed by atoms with Crippen molar-refractivity contribution in [3.63, 3.8) is 0 Å². The van der Waals surface area contributed by atoms with Crippen LogP contribution in [0, 0.1) is 5.82 Å². The van der Waals surface area contributed by atoms with Gasteiger partial charge in [0.05, 0.1) is 6.04 Å². The molecule has 0 saturated carbocycles. The van der Waals surface area contributed by atoms with Crippen LogP contribution in [0.25, 0.3) is 0 Å². The molecule has 1 N–H and O–H groups in total. The number of hydrogen-bond donors (Lipinski definition) is 1. The molecule has 1 fully saturated rings. The first-order valence-corrected chi connectivity index (χ1v) is 7.17. The highest BCUT2D eigenvalue weighted by Gasteiger charge is 2.36. The first kappa shape index (κ1) is 14.3. The minimum absolute atomic E-state index is 0.0635. The molecule has 5 nitrogen and oxygen atoms in total. The Hall–Kier alpha value is -1.66. The number of amides is 1. The predicted molar refractivity (Wildman–Crippen MR) is 74.5 cm³/mol. The second-order valence-electron chi connectivity index (χ2n) is 5.52. The number of carbonyl (C=O) groups is 1. The number of benzene rings is 1. The van der Waals surface area contributed by atoms with Crippen molar-refractivity contribution in [1.82, 2.24) is 9.80 Å². The molecule has 114 valence electrons. The van der Waals surface area contributed by atoms with Crippen LogP contribution in [0.3, 0.4) is 0 Å². The minimum atomic E-state index is -0.692. The maximum absolute atomic E-state index is 13.8. The average molecular weight is 294 g/mol. The standard InChI is InChI=1S/C15H19FN2O3/c1-10(19)17-5-7-18(8-6-17)14-11-3-2-4-12(16)15(11)21-9-13(14)20/h2-4,13-14,20H,5-9H2,1H3. The number of para-hydroxylation sites is 1.